The zero-order chi connectivity index (χ0) is 22.3. The summed E-state index contributed by atoms with van der Waals surface area (Å²) in [6.45, 7) is 5.99. The third-order valence-corrected chi connectivity index (χ3v) is 5.89. The number of nitrogens with one attached hydrogen (secondary N) is 2. The van der Waals surface area contributed by atoms with Crippen molar-refractivity contribution in [1.82, 2.24) is 5.32 Å². The third kappa shape index (κ3) is 5.82. The number of benzene rings is 2. The molecule has 0 unspecified atom stereocenters. The fourth-order valence-electron chi connectivity index (χ4n) is 3.05. The molecule has 2 aromatic carbocycles. The van der Waals surface area contributed by atoms with E-state index in [1.807, 2.05) is 26.0 Å². The van der Waals surface area contributed by atoms with Gasteiger partial charge in [-0.2, -0.15) is 0 Å². The Morgan fingerprint density at radius 2 is 1.67 bits per heavy atom. The molecule has 162 valence electrons. The summed E-state index contributed by atoms with van der Waals surface area (Å²) in [6, 6.07) is 12.7. The molecule has 0 spiro atoms. The van der Waals surface area contributed by atoms with E-state index in [0.29, 0.717) is 23.5 Å². The van der Waals surface area contributed by atoms with Gasteiger partial charge in [0.25, 0.3) is 5.91 Å². The molecular weight excluding hydrogens is 402 g/mol. The summed E-state index contributed by atoms with van der Waals surface area (Å²) in [5, 5.41) is 5.49. The summed E-state index contributed by atoms with van der Waals surface area (Å²) in [6.07, 6.45) is 2.68. The van der Waals surface area contributed by atoms with E-state index in [0.717, 1.165) is 29.0 Å². The average Bonchev–Trinajstić information content (AvgIpc) is 2.72. The minimum Gasteiger partial charge on any atom is -0.352 e. The van der Waals surface area contributed by atoms with Crippen LogP contribution in [0.4, 0.5) is 11.4 Å². The second-order valence-corrected chi connectivity index (χ2v) is 8.90. The fraction of sp³-hybridized carbons (Fsp3) is 0.364. The summed E-state index contributed by atoms with van der Waals surface area (Å²) >= 11 is 0. The van der Waals surface area contributed by atoms with Crippen LogP contribution in [0.1, 0.15) is 43.1 Å². The Balaban J connectivity index is 2.29. The molecule has 0 bridgehead atoms. The van der Waals surface area contributed by atoms with Crippen LogP contribution >= 0.6 is 0 Å². The van der Waals surface area contributed by atoms with Crippen LogP contribution in [0.15, 0.2) is 48.5 Å². The van der Waals surface area contributed by atoms with Crippen LogP contribution in [0.25, 0.3) is 0 Å². The molecule has 0 fully saturated rings. The lowest BCUT2D eigenvalue weighted by molar-refractivity contribution is -0.116. The fourth-order valence-corrected chi connectivity index (χ4v) is 4.22. The maximum Gasteiger partial charge on any atom is 0.253 e. The SMILES string of the molecule is CCCNC(=O)c1ccccc1NC(=O)[C@H](C)N(c1ccc(CC)cc1)S(C)(=O)=O. The van der Waals surface area contributed by atoms with Crippen molar-refractivity contribution >= 4 is 33.2 Å². The van der Waals surface area contributed by atoms with Crippen molar-refractivity contribution in [3.8, 4) is 0 Å². The Bertz CT molecular complexity index is 988. The number of aryl methyl sites for hydroxylation is 1. The Labute approximate surface area is 178 Å². The van der Waals surface area contributed by atoms with Crippen LogP contribution in [0.3, 0.4) is 0 Å². The lowest BCUT2D eigenvalue weighted by Crippen LogP contribution is -2.45. The van der Waals surface area contributed by atoms with Gasteiger partial charge in [-0.25, -0.2) is 8.42 Å². The van der Waals surface area contributed by atoms with Crippen LogP contribution in [0.2, 0.25) is 0 Å². The smallest absolute Gasteiger partial charge is 0.253 e. The molecule has 1 atom stereocenters. The highest BCUT2D eigenvalue weighted by Gasteiger charge is 2.29. The molecule has 30 heavy (non-hydrogen) atoms. The molecule has 2 aromatic rings. The summed E-state index contributed by atoms with van der Waals surface area (Å²) < 4.78 is 26.0. The lowest BCUT2D eigenvalue weighted by Gasteiger charge is -2.28. The predicted molar refractivity (Wildman–Crippen MR) is 120 cm³/mol. The van der Waals surface area contributed by atoms with E-state index in [9.17, 15) is 18.0 Å². The largest absolute Gasteiger partial charge is 0.352 e. The first kappa shape index (κ1) is 23.4. The highest BCUT2D eigenvalue weighted by atomic mass is 32.2. The van der Waals surface area contributed by atoms with Crippen LogP contribution < -0.4 is 14.9 Å². The first-order valence-corrected chi connectivity index (χ1v) is 11.8. The van der Waals surface area contributed by atoms with Crippen molar-refractivity contribution in [2.75, 3.05) is 22.4 Å². The summed E-state index contributed by atoms with van der Waals surface area (Å²) in [5.41, 5.74) is 2.13. The standard InChI is InChI=1S/C22H29N3O4S/c1-5-15-23-22(27)19-9-7-8-10-20(19)24-21(26)16(3)25(30(4,28)29)18-13-11-17(6-2)12-14-18/h7-14,16H,5-6,15H2,1-4H3,(H,23,27)(H,24,26)/t16-/m0/s1. The first-order chi connectivity index (χ1) is 14.2. The number of carbonyl (C=O) groups excluding carboxylic acids is 2. The Morgan fingerprint density at radius 1 is 1.03 bits per heavy atom. The van der Waals surface area contributed by atoms with Crippen molar-refractivity contribution in [3.05, 3.63) is 59.7 Å². The van der Waals surface area contributed by atoms with Crippen LogP contribution in [-0.2, 0) is 21.2 Å². The van der Waals surface area contributed by atoms with Gasteiger partial charge in [0.1, 0.15) is 6.04 Å². The first-order valence-electron chi connectivity index (χ1n) is 9.95. The topological polar surface area (TPSA) is 95.6 Å². The van der Waals surface area contributed by atoms with E-state index in [-0.39, 0.29) is 5.91 Å². The molecule has 8 heteroatoms. The molecule has 0 saturated carbocycles. The molecule has 2 rings (SSSR count). The van der Waals surface area contributed by atoms with Gasteiger partial charge >= 0.3 is 0 Å². The number of nitrogens with zero attached hydrogens (tertiary/aromatic N) is 1. The van der Waals surface area contributed by atoms with Gasteiger partial charge in [-0.05, 0) is 49.6 Å². The van der Waals surface area contributed by atoms with Crippen molar-refractivity contribution in [1.29, 1.82) is 0 Å². The number of amides is 2. The Kier molecular flexibility index (Phi) is 8.00. The lowest BCUT2D eigenvalue weighted by atomic mass is 10.1. The molecule has 0 aromatic heterocycles. The Morgan fingerprint density at radius 3 is 2.23 bits per heavy atom. The molecule has 0 radical (unpaired) electrons. The van der Waals surface area contributed by atoms with E-state index in [1.165, 1.54) is 6.92 Å². The quantitative estimate of drug-likeness (QED) is 0.637. The van der Waals surface area contributed by atoms with Gasteiger partial charge in [0.15, 0.2) is 0 Å². The number of hydrogen-bond acceptors (Lipinski definition) is 4. The molecule has 2 N–H and O–H groups in total. The van der Waals surface area contributed by atoms with Gasteiger partial charge in [-0.15, -0.1) is 0 Å². The van der Waals surface area contributed by atoms with Gasteiger partial charge < -0.3 is 10.6 Å². The zero-order valence-electron chi connectivity index (χ0n) is 17.8. The average molecular weight is 432 g/mol. The third-order valence-electron chi connectivity index (χ3n) is 4.65. The van der Waals surface area contributed by atoms with Crippen LogP contribution in [0.5, 0.6) is 0 Å². The molecular formula is C22H29N3O4S. The second kappa shape index (κ2) is 10.2. The van der Waals surface area contributed by atoms with E-state index in [1.54, 1.807) is 36.4 Å². The molecule has 7 nitrogen and oxygen atoms in total. The number of anilines is 2. The minimum atomic E-state index is -3.72. The number of carbonyl (C=O) groups is 2. The predicted octanol–water partition coefficient (Wildman–Crippen LogP) is 3.18. The number of rotatable bonds is 9. The van der Waals surface area contributed by atoms with Crippen molar-refractivity contribution in [3.63, 3.8) is 0 Å². The van der Waals surface area contributed by atoms with Gasteiger partial charge in [-0.3, -0.25) is 13.9 Å². The molecule has 0 heterocycles. The zero-order valence-corrected chi connectivity index (χ0v) is 18.6. The van der Waals surface area contributed by atoms with E-state index in [2.05, 4.69) is 10.6 Å². The van der Waals surface area contributed by atoms with Crippen molar-refractivity contribution in [2.45, 2.75) is 39.7 Å². The summed E-state index contributed by atoms with van der Waals surface area (Å²) in [5.74, 6) is -0.828. The summed E-state index contributed by atoms with van der Waals surface area (Å²) in [7, 11) is -3.72. The Hall–Kier alpha value is -2.87. The molecule has 2 amide bonds. The van der Waals surface area contributed by atoms with Gasteiger partial charge in [0, 0.05) is 6.54 Å². The van der Waals surface area contributed by atoms with E-state index >= 15 is 0 Å². The normalized spacial score (nSPS) is 12.1. The summed E-state index contributed by atoms with van der Waals surface area (Å²) in [4.78, 5) is 25.3. The van der Waals surface area contributed by atoms with Crippen molar-refractivity contribution in [2.24, 2.45) is 0 Å². The molecule has 0 aliphatic rings. The number of para-hydroxylation sites is 1. The van der Waals surface area contributed by atoms with Crippen molar-refractivity contribution < 1.29 is 18.0 Å². The van der Waals surface area contributed by atoms with Crippen LogP contribution in [0, 0.1) is 0 Å². The van der Waals surface area contributed by atoms with E-state index in [4.69, 9.17) is 0 Å². The monoisotopic (exact) mass is 431 g/mol. The maximum absolute atomic E-state index is 12.9. The number of sulfonamides is 1. The maximum atomic E-state index is 12.9. The van der Waals surface area contributed by atoms with Gasteiger partial charge in [0.05, 0.1) is 23.2 Å². The van der Waals surface area contributed by atoms with Gasteiger partial charge in [0.2, 0.25) is 15.9 Å². The van der Waals surface area contributed by atoms with Crippen LogP contribution in [-0.4, -0.2) is 39.1 Å². The minimum absolute atomic E-state index is 0.296. The highest BCUT2D eigenvalue weighted by molar-refractivity contribution is 7.92. The molecule has 0 aliphatic carbocycles. The highest BCUT2D eigenvalue weighted by Crippen LogP contribution is 2.23. The second-order valence-electron chi connectivity index (χ2n) is 7.05. The molecule has 0 saturated heterocycles. The van der Waals surface area contributed by atoms with E-state index < -0.39 is 22.0 Å². The number of hydrogen-bond donors (Lipinski definition) is 2. The van der Waals surface area contributed by atoms with Gasteiger partial charge in [-0.1, -0.05) is 38.1 Å². The molecule has 0 aliphatic heterocycles.